The number of benzene rings is 1. The summed E-state index contributed by atoms with van der Waals surface area (Å²) in [7, 11) is 1.97. The van der Waals surface area contributed by atoms with Crippen molar-refractivity contribution in [1.82, 2.24) is 10.6 Å². The molecular weight excluding hydrogens is 200 g/mol. The molecule has 1 aliphatic rings. The summed E-state index contributed by atoms with van der Waals surface area (Å²) in [6.07, 6.45) is 1.13. The van der Waals surface area contributed by atoms with Gasteiger partial charge in [-0.25, -0.2) is 0 Å². The molecule has 1 aromatic carbocycles. The summed E-state index contributed by atoms with van der Waals surface area (Å²) in [5.41, 5.74) is 1.34. The Balaban J connectivity index is 1.79. The van der Waals surface area contributed by atoms with Crippen LogP contribution in [0.25, 0.3) is 0 Å². The van der Waals surface area contributed by atoms with Gasteiger partial charge in [-0.1, -0.05) is 18.2 Å². The van der Waals surface area contributed by atoms with Crippen LogP contribution in [0.2, 0.25) is 0 Å². The maximum absolute atomic E-state index is 5.74. The molecule has 3 heteroatoms. The minimum atomic E-state index is 0.603. The topological polar surface area (TPSA) is 33.3 Å². The molecule has 0 bridgehead atoms. The lowest BCUT2D eigenvalue weighted by atomic mass is 9.97. The Kier molecular flexibility index (Phi) is 4.19. The van der Waals surface area contributed by atoms with Crippen molar-refractivity contribution in [2.75, 3.05) is 33.3 Å². The number of hydrogen-bond donors (Lipinski definition) is 2. The molecule has 1 heterocycles. The zero-order chi connectivity index (χ0) is 11.2. The monoisotopic (exact) mass is 220 g/mol. The molecule has 0 aliphatic carbocycles. The number of para-hydroxylation sites is 1. The summed E-state index contributed by atoms with van der Waals surface area (Å²) in [4.78, 5) is 0. The summed E-state index contributed by atoms with van der Waals surface area (Å²) >= 11 is 0. The van der Waals surface area contributed by atoms with Crippen LogP contribution in [0.1, 0.15) is 5.56 Å². The van der Waals surface area contributed by atoms with Gasteiger partial charge in [0.2, 0.25) is 0 Å². The molecule has 0 fully saturated rings. The van der Waals surface area contributed by atoms with Crippen LogP contribution in [0.5, 0.6) is 5.75 Å². The lowest BCUT2D eigenvalue weighted by molar-refractivity contribution is 0.218. The number of ether oxygens (including phenoxy) is 1. The van der Waals surface area contributed by atoms with E-state index < -0.39 is 0 Å². The molecular formula is C13H20N2O. The second-order valence-electron chi connectivity index (χ2n) is 4.30. The maximum atomic E-state index is 5.74. The number of likely N-dealkylation sites (N-methyl/N-ethyl adjacent to an activating group) is 1. The van der Waals surface area contributed by atoms with Gasteiger partial charge < -0.3 is 15.4 Å². The summed E-state index contributed by atoms with van der Waals surface area (Å²) in [6, 6.07) is 8.33. The first-order valence-electron chi connectivity index (χ1n) is 5.96. The van der Waals surface area contributed by atoms with Crippen molar-refractivity contribution in [2.45, 2.75) is 6.42 Å². The molecule has 0 radical (unpaired) electrons. The number of rotatable bonds is 5. The number of fused-ring (bicyclic) bond motifs is 1. The van der Waals surface area contributed by atoms with E-state index in [-0.39, 0.29) is 0 Å². The van der Waals surface area contributed by atoms with E-state index in [1.807, 2.05) is 13.1 Å². The van der Waals surface area contributed by atoms with Gasteiger partial charge in [-0.3, -0.25) is 0 Å². The van der Waals surface area contributed by atoms with Crippen molar-refractivity contribution in [3.8, 4) is 5.75 Å². The van der Waals surface area contributed by atoms with Crippen LogP contribution in [0.15, 0.2) is 24.3 Å². The predicted molar refractivity (Wildman–Crippen MR) is 65.9 cm³/mol. The lowest BCUT2D eigenvalue weighted by Gasteiger charge is -2.25. The number of hydrogen-bond acceptors (Lipinski definition) is 3. The van der Waals surface area contributed by atoms with E-state index in [1.165, 1.54) is 5.56 Å². The molecule has 2 N–H and O–H groups in total. The standard InChI is InChI=1S/C13H20N2O/c1-14-6-7-15-9-11-8-12-4-2-3-5-13(12)16-10-11/h2-5,11,14-15H,6-10H2,1H3. The van der Waals surface area contributed by atoms with E-state index in [4.69, 9.17) is 4.74 Å². The SMILES string of the molecule is CNCCNCC1COc2ccccc2C1. The van der Waals surface area contributed by atoms with Gasteiger partial charge in [-0.2, -0.15) is 0 Å². The zero-order valence-electron chi connectivity index (χ0n) is 9.83. The highest BCUT2D eigenvalue weighted by atomic mass is 16.5. The highest BCUT2D eigenvalue weighted by Gasteiger charge is 2.18. The van der Waals surface area contributed by atoms with Crippen molar-refractivity contribution >= 4 is 0 Å². The van der Waals surface area contributed by atoms with Crippen molar-refractivity contribution in [1.29, 1.82) is 0 Å². The third-order valence-electron chi connectivity index (χ3n) is 2.94. The quantitative estimate of drug-likeness (QED) is 0.728. The molecule has 0 spiro atoms. The first-order chi connectivity index (χ1) is 7.90. The molecule has 0 amide bonds. The van der Waals surface area contributed by atoms with Gasteiger partial charge in [0.15, 0.2) is 0 Å². The van der Waals surface area contributed by atoms with E-state index in [1.54, 1.807) is 0 Å². The average Bonchev–Trinajstić information content (AvgIpc) is 2.34. The van der Waals surface area contributed by atoms with Gasteiger partial charge in [0.1, 0.15) is 5.75 Å². The van der Waals surface area contributed by atoms with Crippen molar-refractivity contribution in [3.63, 3.8) is 0 Å². The van der Waals surface area contributed by atoms with E-state index in [9.17, 15) is 0 Å². The lowest BCUT2D eigenvalue weighted by Crippen LogP contribution is -2.34. The van der Waals surface area contributed by atoms with E-state index in [0.29, 0.717) is 5.92 Å². The summed E-state index contributed by atoms with van der Waals surface area (Å²) in [5.74, 6) is 1.67. The largest absolute Gasteiger partial charge is 0.493 e. The Labute approximate surface area is 97.2 Å². The highest BCUT2D eigenvalue weighted by molar-refractivity contribution is 5.35. The Hall–Kier alpha value is -1.06. The summed E-state index contributed by atoms with van der Waals surface area (Å²) in [5, 5.41) is 6.57. The van der Waals surface area contributed by atoms with Crippen LogP contribution in [-0.2, 0) is 6.42 Å². The van der Waals surface area contributed by atoms with E-state index >= 15 is 0 Å². The molecule has 0 saturated heterocycles. The second-order valence-corrected chi connectivity index (χ2v) is 4.30. The van der Waals surface area contributed by atoms with Gasteiger partial charge in [-0.05, 0) is 25.1 Å². The third-order valence-corrected chi connectivity index (χ3v) is 2.94. The molecule has 0 saturated carbocycles. The molecule has 3 nitrogen and oxygen atoms in total. The fourth-order valence-corrected chi connectivity index (χ4v) is 2.04. The van der Waals surface area contributed by atoms with Crippen molar-refractivity contribution in [2.24, 2.45) is 5.92 Å². The summed E-state index contributed by atoms with van der Waals surface area (Å²) < 4.78 is 5.74. The van der Waals surface area contributed by atoms with Crippen LogP contribution in [0.3, 0.4) is 0 Å². The zero-order valence-corrected chi connectivity index (χ0v) is 9.83. The van der Waals surface area contributed by atoms with E-state index in [0.717, 1.165) is 38.4 Å². The van der Waals surface area contributed by atoms with Crippen LogP contribution in [-0.4, -0.2) is 33.3 Å². The molecule has 0 aromatic heterocycles. The van der Waals surface area contributed by atoms with Crippen LogP contribution < -0.4 is 15.4 Å². The smallest absolute Gasteiger partial charge is 0.122 e. The molecule has 2 rings (SSSR count). The first kappa shape index (κ1) is 11.4. The van der Waals surface area contributed by atoms with Gasteiger partial charge in [-0.15, -0.1) is 0 Å². The van der Waals surface area contributed by atoms with Gasteiger partial charge in [0.25, 0.3) is 0 Å². The molecule has 88 valence electrons. The van der Waals surface area contributed by atoms with Crippen molar-refractivity contribution < 1.29 is 4.74 Å². The molecule has 1 atom stereocenters. The maximum Gasteiger partial charge on any atom is 0.122 e. The van der Waals surface area contributed by atoms with Gasteiger partial charge in [0, 0.05) is 25.6 Å². The Morgan fingerprint density at radius 3 is 3.06 bits per heavy atom. The van der Waals surface area contributed by atoms with Crippen molar-refractivity contribution in [3.05, 3.63) is 29.8 Å². The predicted octanol–water partition coefficient (Wildman–Crippen LogP) is 1.05. The van der Waals surface area contributed by atoms with Crippen LogP contribution in [0, 0.1) is 5.92 Å². The minimum absolute atomic E-state index is 0.603. The fraction of sp³-hybridized carbons (Fsp3) is 0.538. The Bertz CT molecular complexity index is 327. The van der Waals surface area contributed by atoms with Crippen LogP contribution in [0.4, 0.5) is 0 Å². The highest BCUT2D eigenvalue weighted by Crippen LogP contribution is 2.26. The molecule has 1 aromatic rings. The average molecular weight is 220 g/mol. The number of nitrogens with one attached hydrogen (secondary N) is 2. The van der Waals surface area contributed by atoms with Gasteiger partial charge in [0.05, 0.1) is 6.61 Å². The first-order valence-corrected chi connectivity index (χ1v) is 5.96. The fourth-order valence-electron chi connectivity index (χ4n) is 2.04. The van der Waals surface area contributed by atoms with E-state index in [2.05, 4.69) is 28.8 Å². The summed E-state index contributed by atoms with van der Waals surface area (Å²) in [6.45, 7) is 3.92. The normalized spacial score (nSPS) is 18.9. The molecule has 16 heavy (non-hydrogen) atoms. The Morgan fingerprint density at radius 2 is 2.19 bits per heavy atom. The minimum Gasteiger partial charge on any atom is -0.493 e. The molecule has 1 unspecified atom stereocenters. The third kappa shape index (κ3) is 2.97. The van der Waals surface area contributed by atoms with Gasteiger partial charge >= 0.3 is 0 Å². The van der Waals surface area contributed by atoms with Crippen LogP contribution >= 0.6 is 0 Å². The second kappa shape index (κ2) is 5.87. The molecule has 1 aliphatic heterocycles. The Morgan fingerprint density at radius 1 is 1.31 bits per heavy atom.